The van der Waals surface area contributed by atoms with E-state index in [-0.39, 0.29) is 12.4 Å². The summed E-state index contributed by atoms with van der Waals surface area (Å²) in [6.07, 6.45) is 0.918. The van der Waals surface area contributed by atoms with Crippen molar-refractivity contribution in [2.24, 2.45) is 4.99 Å². The first kappa shape index (κ1) is 11.9. The molecule has 0 atom stereocenters. The van der Waals surface area contributed by atoms with Crippen LogP contribution in [0.1, 0.15) is 5.56 Å². The molecule has 2 aromatic rings. The maximum atomic E-state index is 4.44. The lowest BCUT2D eigenvalue weighted by atomic mass is 10.0. The van der Waals surface area contributed by atoms with Gasteiger partial charge in [0, 0.05) is 13.0 Å². The van der Waals surface area contributed by atoms with Crippen LogP contribution in [-0.2, 0) is 6.42 Å². The number of amidine groups is 1. The molecule has 2 aromatic carbocycles. The average molecular weight is 247 g/mol. The standard InChI is InChI=1S/C14H14N2.ClH/c1-2-7-13-11(4-1)5-3-6-12(13)10-14-15-8-9-16-14;/h1-7H,8-10H2,(H,15,16);1H. The second-order valence-corrected chi connectivity index (χ2v) is 4.07. The summed E-state index contributed by atoms with van der Waals surface area (Å²) < 4.78 is 0. The fourth-order valence-electron chi connectivity index (χ4n) is 2.19. The lowest BCUT2D eigenvalue weighted by molar-refractivity contribution is 0.954. The van der Waals surface area contributed by atoms with Crippen LogP contribution in [0.3, 0.4) is 0 Å². The van der Waals surface area contributed by atoms with Crippen molar-refractivity contribution >= 4 is 29.0 Å². The molecule has 3 rings (SSSR count). The van der Waals surface area contributed by atoms with Crippen LogP contribution < -0.4 is 5.32 Å². The molecule has 1 aliphatic rings. The third-order valence-corrected chi connectivity index (χ3v) is 2.98. The molecule has 0 saturated heterocycles. The third kappa shape index (κ3) is 2.42. The van der Waals surface area contributed by atoms with E-state index < -0.39 is 0 Å². The lowest BCUT2D eigenvalue weighted by Gasteiger charge is -2.06. The van der Waals surface area contributed by atoms with Crippen LogP contribution in [0.2, 0.25) is 0 Å². The summed E-state index contributed by atoms with van der Waals surface area (Å²) in [7, 11) is 0. The van der Waals surface area contributed by atoms with Crippen LogP contribution >= 0.6 is 12.4 Å². The molecule has 0 fully saturated rings. The minimum Gasteiger partial charge on any atom is -0.372 e. The monoisotopic (exact) mass is 246 g/mol. The predicted molar refractivity (Wildman–Crippen MR) is 75.2 cm³/mol. The van der Waals surface area contributed by atoms with Gasteiger partial charge in [-0.1, -0.05) is 42.5 Å². The van der Waals surface area contributed by atoms with Crippen LogP contribution in [0.5, 0.6) is 0 Å². The molecule has 0 bridgehead atoms. The molecule has 0 radical (unpaired) electrons. The van der Waals surface area contributed by atoms with Crippen LogP contribution in [0.25, 0.3) is 10.8 Å². The second-order valence-electron chi connectivity index (χ2n) is 4.07. The number of benzene rings is 2. The smallest absolute Gasteiger partial charge is 0.101 e. The average Bonchev–Trinajstić information content (AvgIpc) is 2.82. The van der Waals surface area contributed by atoms with Crippen molar-refractivity contribution in [2.75, 3.05) is 13.1 Å². The molecule has 2 nitrogen and oxygen atoms in total. The van der Waals surface area contributed by atoms with Gasteiger partial charge in [-0.15, -0.1) is 12.4 Å². The Labute approximate surface area is 107 Å². The largest absolute Gasteiger partial charge is 0.372 e. The zero-order valence-corrected chi connectivity index (χ0v) is 10.3. The highest BCUT2D eigenvalue weighted by atomic mass is 35.5. The van der Waals surface area contributed by atoms with Crippen molar-refractivity contribution in [2.45, 2.75) is 6.42 Å². The normalized spacial score (nSPS) is 14.0. The quantitative estimate of drug-likeness (QED) is 0.866. The Hall–Kier alpha value is -1.54. The molecule has 3 heteroatoms. The van der Waals surface area contributed by atoms with Gasteiger partial charge in [-0.25, -0.2) is 0 Å². The van der Waals surface area contributed by atoms with Crippen LogP contribution in [0.15, 0.2) is 47.5 Å². The van der Waals surface area contributed by atoms with Crippen molar-refractivity contribution in [3.63, 3.8) is 0 Å². The van der Waals surface area contributed by atoms with Gasteiger partial charge in [-0.3, -0.25) is 4.99 Å². The van der Waals surface area contributed by atoms with Gasteiger partial charge in [0.2, 0.25) is 0 Å². The summed E-state index contributed by atoms with van der Waals surface area (Å²) in [6, 6.07) is 15.0. The number of rotatable bonds is 2. The second kappa shape index (κ2) is 5.19. The van der Waals surface area contributed by atoms with Gasteiger partial charge < -0.3 is 5.32 Å². The summed E-state index contributed by atoms with van der Waals surface area (Å²) in [6.45, 7) is 1.90. The Morgan fingerprint density at radius 2 is 1.88 bits per heavy atom. The molecule has 1 N–H and O–H groups in total. The summed E-state index contributed by atoms with van der Waals surface area (Å²) in [4.78, 5) is 4.44. The Balaban J connectivity index is 0.00000108. The molecule has 17 heavy (non-hydrogen) atoms. The van der Waals surface area contributed by atoms with E-state index in [9.17, 15) is 0 Å². The first-order chi connectivity index (χ1) is 7.93. The predicted octanol–water partition coefficient (Wildman–Crippen LogP) is 2.81. The van der Waals surface area contributed by atoms with E-state index in [1.165, 1.54) is 16.3 Å². The molecular weight excluding hydrogens is 232 g/mol. The minimum absolute atomic E-state index is 0. The molecule has 0 spiro atoms. The molecule has 0 amide bonds. The molecule has 1 heterocycles. The molecule has 0 aliphatic carbocycles. The number of aliphatic imine (C=N–C) groups is 1. The van der Waals surface area contributed by atoms with Crippen molar-refractivity contribution in [1.82, 2.24) is 5.32 Å². The molecule has 0 aromatic heterocycles. The minimum atomic E-state index is 0. The van der Waals surface area contributed by atoms with Crippen molar-refractivity contribution in [1.29, 1.82) is 0 Å². The van der Waals surface area contributed by atoms with Gasteiger partial charge >= 0.3 is 0 Å². The van der Waals surface area contributed by atoms with E-state index in [2.05, 4.69) is 52.8 Å². The molecule has 0 saturated carbocycles. The van der Waals surface area contributed by atoms with Crippen LogP contribution in [0, 0.1) is 0 Å². The van der Waals surface area contributed by atoms with Gasteiger partial charge in [0.15, 0.2) is 0 Å². The van der Waals surface area contributed by atoms with Gasteiger partial charge in [0.05, 0.1) is 6.54 Å². The van der Waals surface area contributed by atoms with Gasteiger partial charge in [0.1, 0.15) is 5.84 Å². The lowest BCUT2D eigenvalue weighted by Crippen LogP contribution is -2.20. The van der Waals surface area contributed by atoms with E-state index in [0.29, 0.717) is 0 Å². The number of hydrogen-bond donors (Lipinski definition) is 1. The van der Waals surface area contributed by atoms with Crippen molar-refractivity contribution in [3.8, 4) is 0 Å². The van der Waals surface area contributed by atoms with E-state index in [4.69, 9.17) is 0 Å². The highest BCUT2D eigenvalue weighted by molar-refractivity contribution is 5.92. The third-order valence-electron chi connectivity index (χ3n) is 2.98. The molecular formula is C14H15ClN2. The van der Waals surface area contributed by atoms with Gasteiger partial charge in [-0.2, -0.15) is 0 Å². The highest BCUT2D eigenvalue weighted by Crippen LogP contribution is 2.19. The van der Waals surface area contributed by atoms with Crippen molar-refractivity contribution < 1.29 is 0 Å². The Morgan fingerprint density at radius 1 is 1.06 bits per heavy atom. The Morgan fingerprint density at radius 3 is 2.71 bits per heavy atom. The summed E-state index contributed by atoms with van der Waals surface area (Å²) in [5, 5.41) is 5.96. The van der Waals surface area contributed by atoms with Crippen LogP contribution in [-0.4, -0.2) is 18.9 Å². The van der Waals surface area contributed by atoms with E-state index >= 15 is 0 Å². The Kier molecular flexibility index (Phi) is 3.64. The van der Waals surface area contributed by atoms with Gasteiger partial charge in [0.25, 0.3) is 0 Å². The van der Waals surface area contributed by atoms with Crippen molar-refractivity contribution in [3.05, 3.63) is 48.0 Å². The fourth-order valence-corrected chi connectivity index (χ4v) is 2.19. The van der Waals surface area contributed by atoms with E-state index in [0.717, 1.165) is 25.3 Å². The van der Waals surface area contributed by atoms with Crippen LogP contribution in [0.4, 0.5) is 0 Å². The molecule has 1 aliphatic heterocycles. The number of nitrogens with one attached hydrogen (secondary N) is 1. The first-order valence-electron chi connectivity index (χ1n) is 5.67. The van der Waals surface area contributed by atoms with E-state index in [1.54, 1.807) is 0 Å². The number of hydrogen-bond acceptors (Lipinski definition) is 2. The highest BCUT2D eigenvalue weighted by Gasteiger charge is 2.07. The topological polar surface area (TPSA) is 24.4 Å². The molecule has 0 unspecified atom stereocenters. The maximum absolute atomic E-state index is 4.44. The number of fused-ring (bicyclic) bond motifs is 1. The summed E-state index contributed by atoms with van der Waals surface area (Å²) in [5.74, 6) is 1.12. The Bertz CT molecular complexity index is 543. The van der Waals surface area contributed by atoms with E-state index in [1.807, 2.05) is 0 Å². The zero-order valence-electron chi connectivity index (χ0n) is 9.52. The number of nitrogens with zero attached hydrogens (tertiary/aromatic N) is 1. The maximum Gasteiger partial charge on any atom is 0.101 e. The fraction of sp³-hybridized carbons (Fsp3) is 0.214. The molecule has 88 valence electrons. The summed E-state index contributed by atoms with van der Waals surface area (Å²) in [5.41, 5.74) is 1.35. The SMILES string of the molecule is Cl.c1ccc2c(CC3=NCCN3)cccc2c1. The summed E-state index contributed by atoms with van der Waals surface area (Å²) >= 11 is 0. The van der Waals surface area contributed by atoms with Gasteiger partial charge in [-0.05, 0) is 16.3 Å². The zero-order chi connectivity index (χ0) is 10.8. The first-order valence-corrected chi connectivity index (χ1v) is 5.67. The number of halogens is 1.